The van der Waals surface area contributed by atoms with Gasteiger partial charge in [-0.1, -0.05) is 19.8 Å². The van der Waals surface area contributed by atoms with Gasteiger partial charge in [0.1, 0.15) is 0 Å². The molecule has 2 aliphatic heterocycles. The van der Waals surface area contributed by atoms with Gasteiger partial charge in [0.05, 0.1) is 5.60 Å². The van der Waals surface area contributed by atoms with Gasteiger partial charge in [0.25, 0.3) is 0 Å². The molecule has 3 fully saturated rings. The molecule has 0 aromatic carbocycles. The lowest BCUT2D eigenvalue weighted by Crippen LogP contribution is -2.51. The van der Waals surface area contributed by atoms with Crippen molar-refractivity contribution in [2.75, 3.05) is 30.4 Å². The van der Waals surface area contributed by atoms with Crippen molar-refractivity contribution in [1.29, 1.82) is 0 Å². The Hall–Kier alpha value is 0.620. The third-order valence-electron chi connectivity index (χ3n) is 5.43. The van der Waals surface area contributed by atoms with Crippen LogP contribution in [0.15, 0.2) is 0 Å². The van der Waals surface area contributed by atoms with Crippen molar-refractivity contribution in [3.63, 3.8) is 0 Å². The Balaban J connectivity index is 1.65. The molecule has 3 unspecified atom stereocenters. The van der Waals surface area contributed by atoms with E-state index in [1.54, 1.807) is 0 Å². The molecule has 2 heterocycles. The van der Waals surface area contributed by atoms with Gasteiger partial charge < -0.3 is 10.1 Å². The molecule has 3 rings (SSSR count). The zero-order chi connectivity index (χ0) is 14.5. The molecule has 0 aromatic rings. The molecule has 2 nitrogen and oxygen atoms in total. The molecule has 1 spiro atoms. The average molecular weight is 330 g/mol. The Kier molecular flexibility index (Phi) is 6.23. The monoisotopic (exact) mass is 329 g/mol. The maximum Gasteiger partial charge on any atom is 0.0685 e. The molecule has 0 amide bonds. The first-order valence-electron chi connectivity index (χ1n) is 8.90. The Morgan fingerprint density at radius 2 is 2.14 bits per heavy atom. The van der Waals surface area contributed by atoms with Crippen LogP contribution in [-0.4, -0.2) is 47.3 Å². The molecular weight excluding hydrogens is 298 g/mol. The first-order chi connectivity index (χ1) is 10.3. The highest BCUT2D eigenvalue weighted by Crippen LogP contribution is 2.44. The van der Waals surface area contributed by atoms with E-state index >= 15 is 0 Å². The third kappa shape index (κ3) is 4.13. The Bertz CT molecular complexity index is 314. The van der Waals surface area contributed by atoms with Crippen LogP contribution in [0.3, 0.4) is 0 Å². The average Bonchev–Trinajstić information content (AvgIpc) is 2.97. The predicted molar refractivity (Wildman–Crippen MR) is 95.5 cm³/mol. The maximum atomic E-state index is 6.26. The van der Waals surface area contributed by atoms with E-state index in [1.807, 2.05) is 0 Å². The van der Waals surface area contributed by atoms with Crippen molar-refractivity contribution in [3.05, 3.63) is 0 Å². The fourth-order valence-corrected chi connectivity index (χ4v) is 7.33. The van der Waals surface area contributed by atoms with Gasteiger partial charge in [-0.25, -0.2) is 0 Å². The normalized spacial score (nSPS) is 34.1. The summed E-state index contributed by atoms with van der Waals surface area (Å²) in [5.74, 6) is 4.86. The summed E-state index contributed by atoms with van der Waals surface area (Å²) in [7, 11) is 0. The Morgan fingerprint density at radius 3 is 2.86 bits per heavy atom. The highest BCUT2D eigenvalue weighted by molar-refractivity contribution is 8.06. The van der Waals surface area contributed by atoms with Gasteiger partial charge in [-0.2, -0.15) is 23.5 Å². The van der Waals surface area contributed by atoms with E-state index in [4.69, 9.17) is 4.74 Å². The second-order valence-corrected chi connectivity index (χ2v) is 9.45. The predicted octanol–water partition coefficient (Wildman–Crippen LogP) is 3.94. The topological polar surface area (TPSA) is 21.3 Å². The smallest absolute Gasteiger partial charge is 0.0685 e. The van der Waals surface area contributed by atoms with Gasteiger partial charge in [-0.05, 0) is 44.6 Å². The largest absolute Gasteiger partial charge is 0.375 e. The van der Waals surface area contributed by atoms with Crippen molar-refractivity contribution in [2.24, 2.45) is 5.92 Å². The summed E-state index contributed by atoms with van der Waals surface area (Å²) in [5, 5.41) is 4.74. The van der Waals surface area contributed by atoms with E-state index in [9.17, 15) is 0 Å². The molecule has 122 valence electrons. The van der Waals surface area contributed by atoms with E-state index in [1.165, 1.54) is 68.7 Å². The minimum Gasteiger partial charge on any atom is -0.375 e. The van der Waals surface area contributed by atoms with Crippen LogP contribution in [0, 0.1) is 5.92 Å². The van der Waals surface area contributed by atoms with Gasteiger partial charge >= 0.3 is 0 Å². The lowest BCUT2D eigenvalue weighted by molar-refractivity contribution is -0.0976. The second-order valence-electron chi connectivity index (χ2n) is 6.96. The van der Waals surface area contributed by atoms with Gasteiger partial charge in [0.2, 0.25) is 0 Å². The summed E-state index contributed by atoms with van der Waals surface area (Å²) < 4.78 is 6.26. The summed E-state index contributed by atoms with van der Waals surface area (Å²) in [6.07, 6.45) is 9.23. The van der Waals surface area contributed by atoms with Crippen LogP contribution in [0.5, 0.6) is 0 Å². The number of thioether (sulfide) groups is 2. The van der Waals surface area contributed by atoms with Crippen LogP contribution < -0.4 is 5.32 Å². The van der Waals surface area contributed by atoms with E-state index in [0.29, 0.717) is 6.04 Å². The lowest BCUT2D eigenvalue weighted by Gasteiger charge is -2.44. The zero-order valence-electron chi connectivity index (χ0n) is 13.4. The van der Waals surface area contributed by atoms with Gasteiger partial charge in [0, 0.05) is 35.2 Å². The van der Waals surface area contributed by atoms with Crippen LogP contribution in [0.1, 0.15) is 51.9 Å². The molecule has 0 aromatic heterocycles. The van der Waals surface area contributed by atoms with Crippen molar-refractivity contribution < 1.29 is 4.74 Å². The van der Waals surface area contributed by atoms with Crippen LogP contribution in [0.25, 0.3) is 0 Å². The quantitative estimate of drug-likeness (QED) is 0.824. The highest BCUT2D eigenvalue weighted by Gasteiger charge is 2.43. The SMILES string of the molecule is CCCNC(C1CCOC2(CCCC2)C1)C1CSCCS1. The fraction of sp³-hybridized carbons (Fsp3) is 1.00. The second kappa shape index (κ2) is 7.94. The molecule has 1 aliphatic carbocycles. The minimum atomic E-state index is 0.265. The van der Waals surface area contributed by atoms with Gasteiger partial charge in [-0.15, -0.1) is 0 Å². The van der Waals surface area contributed by atoms with E-state index in [0.717, 1.165) is 17.8 Å². The number of hydrogen-bond acceptors (Lipinski definition) is 4. The Morgan fingerprint density at radius 1 is 1.29 bits per heavy atom. The lowest BCUT2D eigenvalue weighted by atomic mass is 9.79. The minimum absolute atomic E-state index is 0.265. The van der Waals surface area contributed by atoms with Crippen LogP contribution in [-0.2, 0) is 4.74 Å². The number of nitrogens with one attached hydrogen (secondary N) is 1. The van der Waals surface area contributed by atoms with Crippen LogP contribution >= 0.6 is 23.5 Å². The molecule has 1 saturated carbocycles. The van der Waals surface area contributed by atoms with Crippen molar-refractivity contribution in [1.82, 2.24) is 5.32 Å². The number of rotatable bonds is 5. The molecule has 21 heavy (non-hydrogen) atoms. The maximum absolute atomic E-state index is 6.26. The van der Waals surface area contributed by atoms with E-state index in [2.05, 4.69) is 35.8 Å². The van der Waals surface area contributed by atoms with Gasteiger partial charge in [-0.3, -0.25) is 0 Å². The summed E-state index contributed by atoms with van der Waals surface area (Å²) >= 11 is 4.38. The molecule has 0 radical (unpaired) electrons. The molecular formula is C17H31NOS2. The molecule has 3 aliphatic rings. The standard InChI is InChI=1S/C17H31NOS2/c1-2-8-18-16(15-13-20-10-11-21-15)14-5-9-19-17(12-14)6-3-4-7-17/h14-16,18H,2-13H2,1H3. The number of hydrogen-bond donors (Lipinski definition) is 1. The molecule has 2 saturated heterocycles. The van der Waals surface area contributed by atoms with Crippen LogP contribution in [0.4, 0.5) is 0 Å². The van der Waals surface area contributed by atoms with E-state index < -0.39 is 0 Å². The molecule has 4 heteroatoms. The highest BCUT2D eigenvalue weighted by atomic mass is 32.2. The molecule has 0 bridgehead atoms. The zero-order valence-corrected chi connectivity index (χ0v) is 15.1. The summed E-state index contributed by atoms with van der Waals surface area (Å²) in [6, 6.07) is 0.712. The van der Waals surface area contributed by atoms with Crippen molar-refractivity contribution in [3.8, 4) is 0 Å². The third-order valence-corrected chi connectivity index (χ3v) is 8.31. The fourth-order valence-electron chi connectivity index (χ4n) is 4.37. The summed E-state index contributed by atoms with van der Waals surface area (Å²) in [6.45, 7) is 4.46. The van der Waals surface area contributed by atoms with Crippen molar-refractivity contribution in [2.45, 2.75) is 68.8 Å². The van der Waals surface area contributed by atoms with Gasteiger partial charge in [0.15, 0.2) is 0 Å². The summed E-state index contributed by atoms with van der Waals surface area (Å²) in [4.78, 5) is 0. The Labute approximate surface area is 138 Å². The van der Waals surface area contributed by atoms with E-state index in [-0.39, 0.29) is 5.60 Å². The molecule has 1 N–H and O–H groups in total. The number of ether oxygens (including phenoxy) is 1. The van der Waals surface area contributed by atoms with Crippen LogP contribution in [0.2, 0.25) is 0 Å². The molecule has 3 atom stereocenters. The van der Waals surface area contributed by atoms with Crippen molar-refractivity contribution >= 4 is 23.5 Å². The summed E-state index contributed by atoms with van der Waals surface area (Å²) in [5.41, 5.74) is 0.265. The first-order valence-corrected chi connectivity index (χ1v) is 11.1. The first kappa shape index (κ1) is 16.5.